The van der Waals surface area contributed by atoms with Gasteiger partial charge in [0.1, 0.15) is 5.82 Å². The molecule has 0 radical (unpaired) electrons. The number of halogens is 2. The predicted molar refractivity (Wildman–Crippen MR) is 85.0 cm³/mol. The van der Waals surface area contributed by atoms with Crippen LogP contribution >= 0.6 is 15.9 Å². The van der Waals surface area contributed by atoms with Crippen molar-refractivity contribution < 1.29 is 4.39 Å². The van der Waals surface area contributed by atoms with E-state index in [0.717, 1.165) is 18.7 Å². The van der Waals surface area contributed by atoms with E-state index in [1.165, 1.54) is 6.42 Å². The largest absolute Gasteiger partial charge is 0.329 e. The SMILES string of the molecule is CC(C)(C)C1CCN(C(CN)c2ccc(Br)c(F)c2)C1. The maximum atomic E-state index is 13.7. The molecule has 1 aromatic carbocycles. The van der Waals surface area contributed by atoms with Crippen molar-refractivity contribution in [1.82, 2.24) is 4.90 Å². The first-order chi connectivity index (χ1) is 9.32. The van der Waals surface area contributed by atoms with Gasteiger partial charge in [-0.05, 0) is 57.9 Å². The van der Waals surface area contributed by atoms with Crippen molar-refractivity contribution in [2.24, 2.45) is 17.1 Å². The Morgan fingerprint density at radius 1 is 1.45 bits per heavy atom. The van der Waals surface area contributed by atoms with Crippen molar-refractivity contribution in [2.75, 3.05) is 19.6 Å². The molecule has 0 spiro atoms. The predicted octanol–water partition coefficient (Wildman–Crippen LogP) is 3.96. The second-order valence-electron chi connectivity index (χ2n) is 6.77. The van der Waals surface area contributed by atoms with Crippen LogP contribution in [0.15, 0.2) is 22.7 Å². The molecule has 4 heteroatoms. The summed E-state index contributed by atoms with van der Waals surface area (Å²) < 4.78 is 14.2. The zero-order valence-corrected chi connectivity index (χ0v) is 14.1. The van der Waals surface area contributed by atoms with Crippen molar-refractivity contribution in [3.8, 4) is 0 Å². The second-order valence-corrected chi connectivity index (χ2v) is 7.63. The quantitative estimate of drug-likeness (QED) is 0.900. The summed E-state index contributed by atoms with van der Waals surface area (Å²) in [5.41, 5.74) is 7.24. The van der Waals surface area contributed by atoms with Gasteiger partial charge in [0.05, 0.1) is 4.47 Å². The smallest absolute Gasteiger partial charge is 0.137 e. The molecule has 1 heterocycles. The third-order valence-electron chi connectivity index (χ3n) is 4.44. The van der Waals surface area contributed by atoms with Gasteiger partial charge in [0.25, 0.3) is 0 Å². The minimum absolute atomic E-state index is 0.116. The van der Waals surface area contributed by atoms with E-state index in [-0.39, 0.29) is 11.9 Å². The average Bonchev–Trinajstić information content (AvgIpc) is 2.84. The lowest BCUT2D eigenvalue weighted by Crippen LogP contribution is -2.33. The zero-order valence-electron chi connectivity index (χ0n) is 12.5. The standard InChI is InChI=1S/C16H24BrFN2/c1-16(2,3)12-6-7-20(10-12)15(9-19)11-4-5-13(17)14(18)8-11/h4-5,8,12,15H,6-7,9-10,19H2,1-3H3. The van der Waals surface area contributed by atoms with Crippen LogP contribution in [0.2, 0.25) is 0 Å². The van der Waals surface area contributed by atoms with Crippen LogP contribution in [0, 0.1) is 17.2 Å². The first-order valence-corrected chi connectivity index (χ1v) is 8.01. The molecule has 0 aliphatic carbocycles. The summed E-state index contributed by atoms with van der Waals surface area (Å²) in [6, 6.07) is 5.45. The highest BCUT2D eigenvalue weighted by Gasteiger charge is 2.34. The first kappa shape index (κ1) is 15.9. The lowest BCUT2D eigenvalue weighted by atomic mass is 9.80. The number of nitrogens with zero attached hydrogens (tertiary/aromatic N) is 1. The Hall–Kier alpha value is -0.450. The molecule has 2 nitrogen and oxygen atoms in total. The Morgan fingerprint density at radius 2 is 2.15 bits per heavy atom. The van der Waals surface area contributed by atoms with E-state index >= 15 is 0 Å². The van der Waals surface area contributed by atoms with Crippen molar-refractivity contribution in [1.29, 1.82) is 0 Å². The van der Waals surface area contributed by atoms with Gasteiger partial charge in [-0.2, -0.15) is 0 Å². The summed E-state index contributed by atoms with van der Waals surface area (Å²) in [7, 11) is 0. The van der Waals surface area contributed by atoms with E-state index in [9.17, 15) is 4.39 Å². The molecule has 1 fully saturated rings. The third kappa shape index (κ3) is 3.41. The molecule has 1 aliphatic heterocycles. The highest BCUT2D eigenvalue weighted by atomic mass is 79.9. The number of rotatable bonds is 3. The first-order valence-electron chi connectivity index (χ1n) is 7.22. The highest BCUT2D eigenvalue weighted by Crippen LogP contribution is 2.37. The minimum Gasteiger partial charge on any atom is -0.329 e. The van der Waals surface area contributed by atoms with Crippen LogP contribution in [0.25, 0.3) is 0 Å². The van der Waals surface area contributed by atoms with Gasteiger partial charge < -0.3 is 5.73 Å². The number of likely N-dealkylation sites (tertiary alicyclic amines) is 1. The summed E-state index contributed by atoms with van der Waals surface area (Å²) >= 11 is 3.20. The molecule has 2 N–H and O–H groups in total. The Kier molecular flexibility index (Phi) is 4.88. The van der Waals surface area contributed by atoms with Gasteiger partial charge in [0.15, 0.2) is 0 Å². The fourth-order valence-corrected chi connectivity index (χ4v) is 3.24. The average molecular weight is 343 g/mol. The molecule has 0 amide bonds. The maximum Gasteiger partial charge on any atom is 0.137 e. The molecule has 0 bridgehead atoms. The molecular formula is C16H24BrFN2. The van der Waals surface area contributed by atoms with E-state index in [4.69, 9.17) is 5.73 Å². The summed E-state index contributed by atoms with van der Waals surface area (Å²) in [5.74, 6) is 0.462. The molecule has 0 saturated carbocycles. The van der Waals surface area contributed by atoms with Crippen LogP contribution in [0.5, 0.6) is 0 Å². The van der Waals surface area contributed by atoms with Gasteiger partial charge >= 0.3 is 0 Å². The Labute approximate surface area is 129 Å². The van der Waals surface area contributed by atoms with Gasteiger partial charge in [0.2, 0.25) is 0 Å². The van der Waals surface area contributed by atoms with Crippen LogP contribution < -0.4 is 5.73 Å². The van der Waals surface area contributed by atoms with Crippen molar-refractivity contribution >= 4 is 15.9 Å². The number of hydrogen-bond acceptors (Lipinski definition) is 2. The molecule has 1 aromatic rings. The lowest BCUT2D eigenvalue weighted by molar-refractivity contribution is 0.197. The molecule has 2 atom stereocenters. The molecule has 20 heavy (non-hydrogen) atoms. The topological polar surface area (TPSA) is 29.3 Å². The number of hydrogen-bond donors (Lipinski definition) is 1. The molecule has 0 aromatic heterocycles. The van der Waals surface area contributed by atoms with Crippen molar-refractivity contribution in [2.45, 2.75) is 33.2 Å². The molecule has 1 aliphatic rings. The van der Waals surface area contributed by atoms with Crippen LogP contribution in [0.3, 0.4) is 0 Å². The van der Waals surface area contributed by atoms with E-state index in [2.05, 4.69) is 41.6 Å². The van der Waals surface area contributed by atoms with Gasteiger partial charge in [-0.15, -0.1) is 0 Å². The van der Waals surface area contributed by atoms with Gasteiger partial charge in [-0.3, -0.25) is 4.90 Å². The maximum absolute atomic E-state index is 13.7. The summed E-state index contributed by atoms with van der Waals surface area (Å²) in [5, 5.41) is 0. The summed E-state index contributed by atoms with van der Waals surface area (Å²) in [4.78, 5) is 2.40. The molecule has 1 saturated heterocycles. The van der Waals surface area contributed by atoms with Crippen molar-refractivity contribution in [3.05, 3.63) is 34.1 Å². The van der Waals surface area contributed by atoms with Crippen molar-refractivity contribution in [3.63, 3.8) is 0 Å². The minimum atomic E-state index is -0.215. The summed E-state index contributed by atoms with van der Waals surface area (Å²) in [6.45, 7) is 9.48. The van der Waals surface area contributed by atoms with Crippen LogP contribution in [0.1, 0.15) is 38.8 Å². The van der Waals surface area contributed by atoms with Crippen LogP contribution in [-0.4, -0.2) is 24.5 Å². The number of nitrogens with two attached hydrogens (primary N) is 1. The zero-order chi connectivity index (χ0) is 14.9. The Balaban J connectivity index is 2.15. The summed E-state index contributed by atoms with van der Waals surface area (Å²) in [6.07, 6.45) is 1.19. The fourth-order valence-electron chi connectivity index (χ4n) is 2.99. The number of benzene rings is 1. The van der Waals surface area contributed by atoms with E-state index in [1.54, 1.807) is 12.1 Å². The van der Waals surface area contributed by atoms with E-state index in [0.29, 0.717) is 22.4 Å². The fraction of sp³-hybridized carbons (Fsp3) is 0.625. The van der Waals surface area contributed by atoms with E-state index in [1.807, 2.05) is 6.07 Å². The van der Waals surface area contributed by atoms with E-state index < -0.39 is 0 Å². The normalized spacial score (nSPS) is 22.2. The van der Waals surface area contributed by atoms with Gasteiger partial charge in [0, 0.05) is 19.1 Å². The highest BCUT2D eigenvalue weighted by molar-refractivity contribution is 9.10. The monoisotopic (exact) mass is 342 g/mol. The molecule has 112 valence electrons. The lowest BCUT2D eigenvalue weighted by Gasteiger charge is -2.30. The van der Waals surface area contributed by atoms with Gasteiger partial charge in [-0.1, -0.05) is 26.8 Å². The Morgan fingerprint density at radius 3 is 2.65 bits per heavy atom. The second kappa shape index (κ2) is 6.12. The van der Waals surface area contributed by atoms with Crippen LogP contribution in [0.4, 0.5) is 4.39 Å². The van der Waals surface area contributed by atoms with Crippen LogP contribution in [-0.2, 0) is 0 Å². The molecular weight excluding hydrogens is 319 g/mol. The molecule has 2 rings (SSSR count). The third-order valence-corrected chi connectivity index (χ3v) is 5.08. The Bertz CT molecular complexity index is 470. The molecule has 2 unspecified atom stereocenters. The van der Waals surface area contributed by atoms with Gasteiger partial charge in [-0.25, -0.2) is 4.39 Å².